The summed E-state index contributed by atoms with van der Waals surface area (Å²) in [6.07, 6.45) is 0. The number of nitrogens with zero attached hydrogens (tertiary/aromatic N) is 1. The third-order valence-electron chi connectivity index (χ3n) is 3.25. The molecule has 7 heteroatoms. The molecule has 0 spiro atoms. The predicted octanol–water partition coefficient (Wildman–Crippen LogP) is 3.51. The summed E-state index contributed by atoms with van der Waals surface area (Å²) in [5.74, 6) is -0.129. The Morgan fingerprint density at radius 1 is 1.12 bits per heavy atom. The van der Waals surface area contributed by atoms with Crippen molar-refractivity contribution in [1.82, 2.24) is 5.32 Å². The molecule has 24 heavy (non-hydrogen) atoms. The Balaban J connectivity index is 1.83. The number of carbonyl (C=O) groups is 1. The third kappa shape index (κ3) is 5.44. The van der Waals surface area contributed by atoms with Crippen molar-refractivity contribution < 1.29 is 9.63 Å². The molecule has 0 radical (unpaired) electrons. The van der Waals surface area contributed by atoms with Gasteiger partial charge in [-0.1, -0.05) is 40.5 Å². The molecule has 0 bridgehead atoms. The molecule has 0 aromatic heterocycles. The number of rotatable bonds is 6. The van der Waals surface area contributed by atoms with E-state index >= 15 is 0 Å². The van der Waals surface area contributed by atoms with Gasteiger partial charge in [-0.3, -0.25) is 4.79 Å². The molecule has 0 aliphatic heterocycles. The molecule has 2 aromatic carbocycles. The van der Waals surface area contributed by atoms with Crippen molar-refractivity contribution in [3.8, 4) is 0 Å². The first-order valence-corrected chi connectivity index (χ1v) is 7.97. The van der Waals surface area contributed by atoms with E-state index < -0.39 is 0 Å². The number of halogens is 2. The summed E-state index contributed by atoms with van der Waals surface area (Å²) in [6, 6.07) is 13.9. The van der Waals surface area contributed by atoms with Gasteiger partial charge in [0.05, 0.1) is 6.04 Å². The van der Waals surface area contributed by atoms with Crippen molar-refractivity contribution in [3.63, 3.8) is 0 Å². The summed E-state index contributed by atoms with van der Waals surface area (Å²) < 4.78 is 0. The van der Waals surface area contributed by atoms with Crippen LogP contribution in [0.1, 0.15) is 24.1 Å². The summed E-state index contributed by atoms with van der Waals surface area (Å²) in [5, 5.41) is 7.78. The second-order valence-electron chi connectivity index (χ2n) is 5.10. The van der Waals surface area contributed by atoms with Gasteiger partial charge in [-0.2, -0.15) is 0 Å². The molecule has 0 aliphatic rings. The summed E-state index contributed by atoms with van der Waals surface area (Å²) in [4.78, 5) is 16.9. The number of oxime groups is 1. The molecule has 0 saturated carbocycles. The SMILES string of the molecule is CC(NC(=O)CO/N=C(\N)c1ccc(Cl)cc1)c1ccc(Cl)cc1. The van der Waals surface area contributed by atoms with Crippen LogP contribution in [-0.2, 0) is 9.63 Å². The first-order valence-electron chi connectivity index (χ1n) is 7.22. The van der Waals surface area contributed by atoms with Crippen molar-refractivity contribution in [2.24, 2.45) is 10.9 Å². The molecule has 1 unspecified atom stereocenters. The fraction of sp³-hybridized carbons (Fsp3) is 0.176. The molecular weight excluding hydrogens is 349 g/mol. The molecule has 5 nitrogen and oxygen atoms in total. The maximum absolute atomic E-state index is 11.9. The minimum atomic E-state index is -0.301. The summed E-state index contributed by atoms with van der Waals surface area (Å²) in [6.45, 7) is 1.64. The highest BCUT2D eigenvalue weighted by Gasteiger charge is 2.10. The van der Waals surface area contributed by atoms with E-state index in [1.54, 1.807) is 36.4 Å². The average Bonchev–Trinajstić information content (AvgIpc) is 2.55. The Hall–Kier alpha value is -2.24. The van der Waals surface area contributed by atoms with E-state index in [4.69, 9.17) is 33.8 Å². The van der Waals surface area contributed by atoms with Crippen LogP contribution in [0.4, 0.5) is 0 Å². The number of amidine groups is 1. The van der Waals surface area contributed by atoms with E-state index in [2.05, 4.69) is 10.5 Å². The van der Waals surface area contributed by atoms with Crippen molar-refractivity contribution in [2.45, 2.75) is 13.0 Å². The van der Waals surface area contributed by atoms with E-state index in [1.165, 1.54) is 0 Å². The van der Waals surface area contributed by atoms with Gasteiger partial charge in [-0.15, -0.1) is 0 Å². The lowest BCUT2D eigenvalue weighted by Gasteiger charge is -2.13. The second kappa shape index (κ2) is 8.57. The fourth-order valence-corrected chi connectivity index (χ4v) is 2.20. The van der Waals surface area contributed by atoms with Crippen LogP contribution >= 0.6 is 23.2 Å². The number of benzene rings is 2. The van der Waals surface area contributed by atoms with Crippen LogP contribution in [0, 0.1) is 0 Å². The molecule has 0 fully saturated rings. The largest absolute Gasteiger partial charge is 0.384 e. The van der Waals surface area contributed by atoms with Crippen LogP contribution in [-0.4, -0.2) is 18.3 Å². The quantitative estimate of drug-likeness (QED) is 0.467. The van der Waals surface area contributed by atoms with Gasteiger partial charge in [0.15, 0.2) is 12.4 Å². The van der Waals surface area contributed by atoms with Crippen LogP contribution in [0.2, 0.25) is 10.0 Å². The Labute approximate surface area is 150 Å². The third-order valence-corrected chi connectivity index (χ3v) is 3.75. The average molecular weight is 366 g/mol. The number of carbonyl (C=O) groups excluding carboxylic acids is 1. The normalized spacial score (nSPS) is 12.5. The molecule has 2 rings (SSSR count). The highest BCUT2D eigenvalue weighted by molar-refractivity contribution is 6.30. The van der Waals surface area contributed by atoms with Gasteiger partial charge < -0.3 is 15.9 Å². The van der Waals surface area contributed by atoms with E-state index in [9.17, 15) is 4.79 Å². The second-order valence-corrected chi connectivity index (χ2v) is 5.97. The minimum absolute atomic E-state index is 0.170. The van der Waals surface area contributed by atoms with Crippen molar-refractivity contribution in [1.29, 1.82) is 0 Å². The molecule has 1 atom stereocenters. The molecule has 0 aliphatic carbocycles. The van der Waals surface area contributed by atoms with Crippen LogP contribution in [0.5, 0.6) is 0 Å². The Kier molecular flexibility index (Phi) is 6.46. The molecule has 0 saturated heterocycles. The van der Waals surface area contributed by atoms with Crippen molar-refractivity contribution in [2.75, 3.05) is 6.61 Å². The molecule has 3 N–H and O–H groups in total. The van der Waals surface area contributed by atoms with E-state index in [0.29, 0.717) is 15.6 Å². The minimum Gasteiger partial charge on any atom is -0.384 e. The first kappa shape index (κ1) is 18.1. The van der Waals surface area contributed by atoms with Gasteiger partial charge in [0.1, 0.15) is 0 Å². The zero-order valence-electron chi connectivity index (χ0n) is 13.0. The van der Waals surface area contributed by atoms with E-state index in [0.717, 1.165) is 5.56 Å². The van der Waals surface area contributed by atoms with Crippen molar-refractivity contribution >= 4 is 34.9 Å². The molecule has 2 aromatic rings. The van der Waals surface area contributed by atoms with Gasteiger partial charge in [-0.05, 0) is 48.9 Å². The number of hydrogen-bond acceptors (Lipinski definition) is 3. The number of amides is 1. The van der Waals surface area contributed by atoms with Crippen LogP contribution in [0.15, 0.2) is 53.7 Å². The first-order chi connectivity index (χ1) is 11.5. The van der Waals surface area contributed by atoms with Gasteiger partial charge in [-0.25, -0.2) is 0 Å². The molecule has 126 valence electrons. The van der Waals surface area contributed by atoms with E-state index in [-0.39, 0.29) is 24.4 Å². The lowest BCUT2D eigenvalue weighted by Crippen LogP contribution is -2.30. The van der Waals surface area contributed by atoms with Crippen LogP contribution in [0.3, 0.4) is 0 Å². The Morgan fingerprint density at radius 3 is 2.25 bits per heavy atom. The molecule has 0 heterocycles. The summed E-state index contributed by atoms with van der Waals surface area (Å²) in [5.41, 5.74) is 7.38. The lowest BCUT2D eigenvalue weighted by molar-refractivity contribution is -0.126. The standard InChI is InChI=1S/C17H17Cl2N3O2/c1-11(12-2-6-14(18)7-3-12)21-16(23)10-24-22-17(20)13-4-8-15(19)9-5-13/h2-9,11H,10H2,1H3,(H2,20,22)(H,21,23). The Morgan fingerprint density at radius 2 is 1.67 bits per heavy atom. The van der Waals surface area contributed by atoms with Crippen molar-refractivity contribution in [3.05, 3.63) is 69.7 Å². The maximum Gasteiger partial charge on any atom is 0.261 e. The fourth-order valence-electron chi connectivity index (χ4n) is 1.95. The highest BCUT2D eigenvalue weighted by atomic mass is 35.5. The van der Waals surface area contributed by atoms with E-state index in [1.807, 2.05) is 19.1 Å². The van der Waals surface area contributed by atoms with Gasteiger partial charge in [0.2, 0.25) is 0 Å². The summed E-state index contributed by atoms with van der Waals surface area (Å²) in [7, 11) is 0. The molecule has 1 amide bonds. The zero-order chi connectivity index (χ0) is 17.5. The predicted molar refractivity (Wildman–Crippen MR) is 96.1 cm³/mol. The zero-order valence-corrected chi connectivity index (χ0v) is 14.5. The number of nitrogens with one attached hydrogen (secondary N) is 1. The number of hydrogen-bond donors (Lipinski definition) is 2. The van der Waals surface area contributed by atoms with Crippen LogP contribution < -0.4 is 11.1 Å². The maximum atomic E-state index is 11.9. The smallest absolute Gasteiger partial charge is 0.261 e. The van der Waals surface area contributed by atoms with Crippen LogP contribution in [0.25, 0.3) is 0 Å². The molecular formula is C17H17Cl2N3O2. The number of nitrogens with two attached hydrogens (primary N) is 1. The highest BCUT2D eigenvalue weighted by Crippen LogP contribution is 2.15. The summed E-state index contributed by atoms with van der Waals surface area (Å²) >= 11 is 11.6. The van der Waals surface area contributed by atoms with Gasteiger partial charge >= 0.3 is 0 Å². The van der Waals surface area contributed by atoms with Gasteiger partial charge in [0.25, 0.3) is 5.91 Å². The van der Waals surface area contributed by atoms with Gasteiger partial charge in [0, 0.05) is 15.6 Å². The Bertz CT molecular complexity index is 716. The lowest BCUT2D eigenvalue weighted by atomic mass is 10.1. The topological polar surface area (TPSA) is 76.7 Å². The monoisotopic (exact) mass is 365 g/mol.